The van der Waals surface area contributed by atoms with Crippen LogP contribution in [0.1, 0.15) is 20.7 Å². The number of amides is 1. The van der Waals surface area contributed by atoms with Gasteiger partial charge in [-0.05, 0) is 12.1 Å². The molecule has 2 aromatic heterocycles. The van der Waals surface area contributed by atoms with Gasteiger partial charge in [0, 0.05) is 6.20 Å². The Morgan fingerprint density at radius 1 is 1.40 bits per heavy atom. The van der Waals surface area contributed by atoms with Gasteiger partial charge in [0.05, 0.1) is 17.3 Å². The lowest BCUT2D eigenvalue weighted by Crippen LogP contribution is -2.13. The van der Waals surface area contributed by atoms with Gasteiger partial charge >= 0.3 is 5.97 Å². The largest absolute Gasteiger partial charge is 0.478 e. The number of carboxylic acid groups (broad SMARTS) is 1. The Labute approximate surface area is 83.9 Å². The van der Waals surface area contributed by atoms with Crippen molar-refractivity contribution in [3.63, 3.8) is 0 Å². The molecule has 0 aromatic carbocycles. The van der Waals surface area contributed by atoms with Crippen molar-refractivity contribution in [3.8, 4) is 0 Å². The van der Waals surface area contributed by atoms with E-state index in [9.17, 15) is 9.59 Å². The zero-order valence-corrected chi connectivity index (χ0v) is 7.54. The fraction of sp³-hybridized carbons (Fsp3) is 0. The van der Waals surface area contributed by atoms with Gasteiger partial charge in [-0.25, -0.2) is 9.31 Å². The third kappa shape index (κ3) is 1.32. The fourth-order valence-corrected chi connectivity index (χ4v) is 1.40. The Hall–Kier alpha value is -2.37. The molecule has 0 unspecified atom stereocenters. The van der Waals surface area contributed by atoms with Crippen LogP contribution in [-0.2, 0) is 0 Å². The second-order valence-electron chi connectivity index (χ2n) is 2.94. The molecule has 0 bridgehead atoms. The van der Waals surface area contributed by atoms with Crippen molar-refractivity contribution >= 4 is 17.4 Å². The molecule has 3 N–H and O–H groups in total. The van der Waals surface area contributed by atoms with Crippen LogP contribution < -0.4 is 5.73 Å². The van der Waals surface area contributed by atoms with Crippen LogP contribution >= 0.6 is 0 Å². The van der Waals surface area contributed by atoms with Crippen molar-refractivity contribution in [3.05, 3.63) is 35.7 Å². The lowest BCUT2D eigenvalue weighted by molar-refractivity contribution is 0.0699. The Morgan fingerprint density at radius 2 is 2.13 bits per heavy atom. The maximum absolute atomic E-state index is 11.1. The topological polar surface area (TPSA) is 97.7 Å². The number of nitrogens with two attached hydrogens (primary N) is 1. The first-order chi connectivity index (χ1) is 7.11. The smallest absolute Gasteiger partial charge is 0.339 e. The van der Waals surface area contributed by atoms with Crippen LogP contribution in [0.5, 0.6) is 0 Å². The second kappa shape index (κ2) is 3.09. The number of fused-ring (bicyclic) bond motifs is 1. The highest BCUT2D eigenvalue weighted by Gasteiger charge is 2.16. The molecule has 0 saturated heterocycles. The number of hydrogen-bond donors (Lipinski definition) is 2. The molecule has 0 saturated carbocycles. The van der Waals surface area contributed by atoms with E-state index in [1.165, 1.54) is 16.8 Å². The average molecular weight is 205 g/mol. The number of aromatic nitrogens is 2. The van der Waals surface area contributed by atoms with Gasteiger partial charge in [0.15, 0.2) is 0 Å². The normalized spacial score (nSPS) is 10.4. The maximum atomic E-state index is 11.1. The van der Waals surface area contributed by atoms with E-state index in [4.69, 9.17) is 10.8 Å². The molecule has 0 aliphatic heterocycles. The summed E-state index contributed by atoms with van der Waals surface area (Å²) in [4.78, 5) is 21.9. The molecule has 0 aliphatic rings. The molecule has 0 radical (unpaired) electrons. The van der Waals surface area contributed by atoms with E-state index in [-0.39, 0.29) is 16.6 Å². The lowest BCUT2D eigenvalue weighted by atomic mass is 10.1. The monoisotopic (exact) mass is 205 g/mol. The minimum atomic E-state index is -1.14. The van der Waals surface area contributed by atoms with Gasteiger partial charge in [0.1, 0.15) is 5.56 Å². The van der Waals surface area contributed by atoms with Crippen molar-refractivity contribution in [1.29, 1.82) is 0 Å². The number of carbonyl (C=O) groups excluding carboxylic acids is 1. The van der Waals surface area contributed by atoms with Gasteiger partial charge in [-0.1, -0.05) is 0 Å². The van der Waals surface area contributed by atoms with Crippen LogP contribution in [0.15, 0.2) is 24.5 Å². The summed E-state index contributed by atoms with van der Waals surface area (Å²) in [6.45, 7) is 0. The van der Waals surface area contributed by atoms with Crippen molar-refractivity contribution in [1.82, 2.24) is 9.61 Å². The first kappa shape index (κ1) is 9.20. The standard InChI is InChI=1S/C9H7N3O3/c10-8(13)5-2-1-3-12-7(5)6(4-11-12)9(14)15/h1-4H,(H2,10,13)(H,14,15). The Bertz CT molecular complexity index is 559. The number of aromatic carboxylic acids is 1. The summed E-state index contributed by atoms with van der Waals surface area (Å²) in [5.74, 6) is -1.82. The molecule has 0 atom stereocenters. The van der Waals surface area contributed by atoms with Crippen LogP contribution in [0.4, 0.5) is 0 Å². The minimum Gasteiger partial charge on any atom is -0.478 e. The van der Waals surface area contributed by atoms with Gasteiger partial charge in [-0.3, -0.25) is 4.79 Å². The lowest BCUT2D eigenvalue weighted by Gasteiger charge is -1.99. The van der Waals surface area contributed by atoms with Crippen LogP contribution in [0.2, 0.25) is 0 Å². The molecule has 76 valence electrons. The van der Waals surface area contributed by atoms with Crippen LogP contribution in [0, 0.1) is 0 Å². The predicted molar refractivity (Wildman–Crippen MR) is 50.7 cm³/mol. The number of carboxylic acids is 1. The van der Waals surface area contributed by atoms with E-state index in [1.807, 2.05) is 0 Å². The van der Waals surface area contributed by atoms with Crippen LogP contribution in [-0.4, -0.2) is 26.6 Å². The summed E-state index contributed by atoms with van der Waals surface area (Å²) in [5, 5.41) is 12.7. The second-order valence-corrected chi connectivity index (χ2v) is 2.94. The molecule has 1 amide bonds. The van der Waals surface area contributed by atoms with Crippen LogP contribution in [0.25, 0.3) is 5.52 Å². The summed E-state index contributed by atoms with van der Waals surface area (Å²) in [6, 6.07) is 3.04. The van der Waals surface area contributed by atoms with Crippen molar-refractivity contribution in [2.45, 2.75) is 0 Å². The molecular formula is C9H7N3O3. The molecule has 15 heavy (non-hydrogen) atoms. The summed E-state index contributed by atoms with van der Waals surface area (Å²) in [7, 11) is 0. The first-order valence-corrected chi connectivity index (χ1v) is 4.10. The number of rotatable bonds is 2. The number of pyridine rings is 1. The maximum Gasteiger partial charge on any atom is 0.339 e. The van der Waals surface area contributed by atoms with E-state index in [0.29, 0.717) is 0 Å². The summed E-state index contributed by atoms with van der Waals surface area (Å²) >= 11 is 0. The number of primary amides is 1. The van der Waals surface area contributed by atoms with Crippen LogP contribution in [0.3, 0.4) is 0 Å². The SMILES string of the molecule is NC(=O)c1cccn2ncc(C(=O)O)c12. The predicted octanol–water partition coefficient (Wildman–Crippen LogP) is 0.131. The first-order valence-electron chi connectivity index (χ1n) is 4.10. The average Bonchev–Trinajstić information content (AvgIpc) is 2.60. The Kier molecular flexibility index (Phi) is 1.89. The van der Waals surface area contributed by atoms with E-state index in [0.717, 1.165) is 0 Å². The molecule has 6 heteroatoms. The highest BCUT2D eigenvalue weighted by atomic mass is 16.4. The van der Waals surface area contributed by atoms with Gasteiger partial charge in [0.2, 0.25) is 0 Å². The molecule has 2 heterocycles. The molecular weight excluding hydrogens is 198 g/mol. The van der Waals surface area contributed by atoms with E-state index in [2.05, 4.69) is 5.10 Å². The summed E-state index contributed by atoms with van der Waals surface area (Å²) in [5.41, 5.74) is 5.46. The Balaban J connectivity index is 2.86. The Morgan fingerprint density at radius 3 is 2.73 bits per heavy atom. The summed E-state index contributed by atoms with van der Waals surface area (Å²) in [6.07, 6.45) is 2.73. The van der Waals surface area contributed by atoms with Gasteiger partial charge in [0.25, 0.3) is 5.91 Å². The molecule has 2 rings (SSSR count). The molecule has 0 fully saturated rings. The van der Waals surface area contributed by atoms with Crippen molar-refractivity contribution in [2.24, 2.45) is 5.73 Å². The van der Waals surface area contributed by atoms with Crippen molar-refractivity contribution < 1.29 is 14.7 Å². The minimum absolute atomic E-state index is 0.0376. The van der Waals surface area contributed by atoms with Gasteiger partial charge < -0.3 is 10.8 Å². The number of hydrogen-bond acceptors (Lipinski definition) is 3. The number of carbonyl (C=O) groups is 2. The van der Waals surface area contributed by atoms with Gasteiger partial charge in [-0.15, -0.1) is 0 Å². The fourth-order valence-electron chi connectivity index (χ4n) is 1.40. The zero-order chi connectivity index (χ0) is 11.0. The number of nitrogens with zero attached hydrogens (tertiary/aromatic N) is 2. The molecule has 0 aliphatic carbocycles. The highest BCUT2D eigenvalue weighted by Crippen LogP contribution is 2.15. The quantitative estimate of drug-likeness (QED) is 0.728. The van der Waals surface area contributed by atoms with Crippen molar-refractivity contribution in [2.75, 3.05) is 0 Å². The molecule has 6 nitrogen and oxygen atoms in total. The third-order valence-corrected chi connectivity index (χ3v) is 2.04. The van der Waals surface area contributed by atoms with E-state index < -0.39 is 11.9 Å². The van der Waals surface area contributed by atoms with Gasteiger partial charge in [-0.2, -0.15) is 5.10 Å². The summed E-state index contributed by atoms with van der Waals surface area (Å²) < 4.78 is 1.31. The molecule has 2 aromatic rings. The van der Waals surface area contributed by atoms with E-state index in [1.54, 1.807) is 12.3 Å². The van der Waals surface area contributed by atoms with E-state index >= 15 is 0 Å². The molecule has 0 spiro atoms. The third-order valence-electron chi connectivity index (χ3n) is 2.04. The zero-order valence-electron chi connectivity index (χ0n) is 7.54. The highest BCUT2D eigenvalue weighted by molar-refractivity contribution is 6.06.